The number of ether oxygens (including phenoxy) is 3. The van der Waals surface area contributed by atoms with Crippen LogP contribution in [0.2, 0.25) is 0 Å². The molecule has 194 valence electrons. The number of hydrogen-bond donors (Lipinski definition) is 2. The highest BCUT2D eigenvalue weighted by Gasteiger charge is 2.50. The van der Waals surface area contributed by atoms with Gasteiger partial charge in [-0.05, 0) is 57.2 Å². The number of carbonyl (C=O) groups is 2. The van der Waals surface area contributed by atoms with Crippen molar-refractivity contribution < 1.29 is 34.0 Å². The molecule has 1 fully saturated rings. The summed E-state index contributed by atoms with van der Waals surface area (Å²) in [5.74, 6) is -1.33. The van der Waals surface area contributed by atoms with Gasteiger partial charge in [0.25, 0.3) is 0 Å². The Kier molecular flexibility index (Phi) is 8.66. The van der Waals surface area contributed by atoms with Gasteiger partial charge in [-0.25, -0.2) is 9.59 Å². The summed E-state index contributed by atoms with van der Waals surface area (Å²) in [6.45, 7) is 5.26. The minimum absolute atomic E-state index is 0.288. The fraction of sp³-hybridized carbons (Fsp3) is 0.310. The van der Waals surface area contributed by atoms with Crippen LogP contribution in [0, 0.1) is 20.8 Å². The van der Waals surface area contributed by atoms with Crippen LogP contribution in [-0.2, 0) is 14.2 Å². The number of aliphatic hydroxyl groups is 2. The lowest BCUT2D eigenvalue weighted by atomic mass is 9.99. The molecule has 7 nitrogen and oxygen atoms in total. The summed E-state index contributed by atoms with van der Waals surface area (Å²) in [6, 6.07) is 21.3. The maximum Gasteiger partial charge on any atom is 0.338 e. The topological polar surface area (TPSA) is 102 Å². The maximum absolute atomic E-state index is 13.1. The Hall–Kier alpha value is -3.17. The lowest BCUT2D eigenvalue weighted by Gasteiger charge is -2.42. The fourth-order valence-corrected chi connectivity index (χ4v) is 5.01. The van der Waals surface area contributed by atoms with E-state index in [2.05, 4.69) is 0 Å². The molecule has 1 aliphatic heterocycles. The molecule has 5 atom stereocenters. The van der Waals surface area contributed by atoms with Gasteiger partial charge >= 0.3 is 11.9 Å². The van der Waals surface area contributed by atoms with E-state index in [4.69, 9.17) is 14.2 Å². The highest BCUT2D eigenvalue weighted by Crippen LogP contribution is 2.37. The van der Waals surface area contributed by atoms with Crippen molar-refractivity contribution in [2.24, 2.45) is 0 Å². The molecule has 0 aliphatic carbocycles. The van der Waals surface area contributed by atoms with Crippen LogP contribution in [0.3, 0.4) is 0 Å². The molecule has 3 aromatic carbocycles. The number of hydrogen-bond acceptors (Lipinski definition) is 8. The standard InChI is InChI=1S/C29H30O7S/c1-17-4-10-20(11-5-17)27(32)35-25-24(31)23(16-30)34-29(37-22-14-8-19(3)9-15-22)26(25)36-28(33)21-12-6-18(2)7-13-21/h4-15,23-26,29-31H,16H2,1-3H3/t23-,24-,25+,26-,29+/m1/s1. The molecule has 0 amide bonds. The maximum atomic E-state index is 13.1. The van der Waals surface area contributed by atoms with Crippen LogP contribution in [0.5, 0.6) is 0 Å². The number of esters is 2. The van der Waals surface area contributed by atoms with E-state index >= 15 is 0 Å². The van der Waals surface area contributed by atoms with Gasteiger partial charge < -0.3 is 24.4 Å². The average Bonchev–Trinajstić information content (AvgIpc) is 2.89. The molecule has 1 saturated heterocycles. The number of benzene rings is 3. The first-order chi connectivity index (χ1) is 17.7. The van der Waals surface area contributed by atoms with Gasteiger partial charge in [0.05, 0.1) is 17.7 Å². The summed E-state index contributed by atoms with van der Waals surface area (Å²) in [7, 11) is 0. The first-order valence-electron chi connectivity index (χ1n) is 12.0. The van der Waals surface area contributed by atoms with Gasteiger partial charge in [0.1, 0.15) is 17.6 Å². The Bertz CT molecular complexity index is 1210. The van der Waals surface area contributed by atoms with E-state index < -0.39 is 48.4 Å². The van der Waals surface area contributed by atoms with Gasteiger partial charge in [-0.3, -0.25) is 0 Å². The van der Waals surface area contributed by atoms with Crippen molar-refractivity contribution in [3.05, 3.63) is 101 Å². The number of carbonyl (C=O) groups excluding carboxylic acids is 2. The number of aliphatic hydroxyl groups excluding tert-OH is 2. The van der Waals surface area contributed by atoms with E-state index in [9.17, 15) is 19.8 Å². The summed E-state index contributed by atoms with van der Waals surface area (Å²) in [4.78, 5) is 26.9. The lowest BCUT2D eigenvalue weighted by Crippen LogP contribution is -2.60. The molecule has 37 heavy (non-hydrogen) atoms. The Balaban J connectivity index is 1.66. The van der Waals surface area contributed by atoms with E-state index in [0.29, 0.717) is 5.56 Å². The van der Waals surface area contributed by atoms with Crippen molar-refractivity contribution in [2.75, 3.05) is 6.61 Å². The third kappa shape index (κ3) is 6.59. The number of thioether (sulfide) groups is 1. The van der Waals surface area contributed by atoms with Crippen LogP contribution < -0.4 is 0 Å². The van der Waals surface area contributed by atoms with Gasteiger partial charge in [-0.1, -0.05) is 64.9 Å². The second-order valence-corrected chi connectivity index (χ2v) is 10.3. The van der Waals surface area contributed by atoms with Gasteiger partial charge in [0, 0.05) is 4.90 Å². The smallest absolute Gasteiger partial charge is 0.338 e. The second-order valence-electron chi connectivity index (χ2n) is 9.12. The molecule has 0 spiro atoms. The minimum Gasteiger partial charge on any atom is -0.452 e. The molecule has 1 heterocycles. The van der Waals surface area contributed by atoms with Crippen molar-refractivity contribution in [3.63, 3.8) is 0 Å². The zero-order valence-corrected chi connectivity index (χ0v) is 21.7. The Labute approximate surface area is 220 Å². The van der Waals surface area contributed by atoms with E-state index in [1.165, 1.54) is 11.8 Å². The molecule has 8 heteroatoms. The number of rotatable bonds is 7. The van der Waals surface area contributed by atoms with Crippen molar-refractivity contribution in [3.8, 4) is 0 Å². The highest BCUT2D eigenvalue weighted by molar-refractivity contribution is 7.99. The molecule has 3 aromatic rings. The van der Waals surface area contributed by atoms with Gasteiger partial charge in [-0.2, -0.15) is 0 Å². The zero-order valence-electron chi connectivity index (χ0n) is 20.9. The lowest BCUT2D eigenvalue weighted by molar-refractivity contribution is -0.206. The van der Waals surface area contributed by atoms with E-state index in [1.54, 1.807) is 48.5 Å². The predicted molar refractivity (Wildman–Crippen MR) is 140 cm³/mol. The monoisotopic (exact) mass is 522 g/mol. The third-order valence-electron chi connectivity index (χ3n) is 6.13. The van der Waals surface area contributed by atoms with Crippen LogP contribution in [0.15, 0.2) is 77.7 Å². The molecule has 0 radical (unpaired) electrons. The van der Waals surface area contributed by atoms with Crippen molar-refractivity contribution >= 4 is 23.7 Å². The minimum atomic E-state index is -1.43. The van der Waals surface area contributed by atoms with Gasteiger partial charge in [0.15, 0.2) is 12.2 Å². The normalized spacial score (nSPS) is 23.3. The predicted octanol–water partition coefficient (Wildman–Crippen LogP) is 4.23. The largest absolute Gasteiger partial charge is 0.452 e. The summed E-state index contributed by atoms with van der Waals surface area (Å²) >= 11 is 1.26. The van der Waals surface area contributed by atoms with Crippen molar-refractivity contribution in [2.45, 2.75) is 55.5 Å². The van der Waals surface area contributed by atoms with Crippen molar-refractivity contribution in [1.82, 2.24) is 0 Å². The molecule has 0 aromatic heterocycles. The summed E-state index contributed by atoms with van der Waals surface area (Å²) in [5.41, 5.74) is 2.76. The molecular weight excluding hydrogens is 492 g/mol. The average molecular weight is 523 g/mol. The molecule has 0 saturated carbocycles. The SMILES string of the molecule is Cc1ccc(S[C@@H]2O[C@H](CO)[C@@H](O)[C@H](OC(=O)c3ccc(C)cc3)[C@H]2OC(=O)c2ccc(C)cc2)cc1. The van der Waals surface area contributed by atoms with E-state index in [1.807, 2.05) is 45.0 Å². The second kappa shape index (κ2) is 11.9. The quantitative estimate of drug-likeness (QED) is 0.445. The Morgan fingerprint density at radius 1 is 0.757 bits per heavy atom. The highest BCUT2D eigenvalue weighted by atomic mass is 32.2. The summed E-state index contributed by atoms with van der Waals surface area (Å²) in [6.07, 6.45) is -4.91. The van der Waals surface area contributed by atoms with Gasteiger partial charge in [0.2, 0.25) is 0 Å². The third-order valence-corrected chi connectivity index (χ3v) is 7.29. The van der Waals surface area contributed by atoms with Crippen LogP contribution in [0.4, 0.5) is 0 Å². The molecule has 0 bridgehead atoms. The van der Waals surface area contributed by atoms with Crippen LogP contribution >= 0.6 is 11.8 Å². The van der Waals surface area contributed by atoms with E-state index in [-0.39, 0.29) is 5.56 Å². The van der Waals surface area contributed by atoms with Crippen LogP contribution in [0.25, 0.3) is 0 Å². The molecule has 0 unspecified atom stereocenters. The Morgan fingerprint density at radius 2 is 1.19 bits per heavy atom. The Morgan fingerprint density at radius 3 is 1.65 bits per heavy atom. The van der Waals surface area contributed by atoms with Crippen LogP contribution in [-0.4, -0.2) is 58.6 Å². The zero-order chi connectivity index (χ0) is 26.5. The molecular formula is C29H30O7S. The van der Waals surface area contributed by atoms with Crippen molar-refractivity contribution in [1.29, 1.82) is 0 Å². The van der Waals surface area contributed by atoms with E-state index in [0.717, 1.165) is 21.6 Å². The first kappa shape index (κ1) is 26.9. The summed E-state index contributed by atoms with van der Waals surface area (Å²) < 4.78 is 17.6. The molecule has 4 rings (SSSR count). The van der Waals surface area contributed by atoms with Gasteiger partial charge in [-0.15, -0.1) is 0 Å². The molecule has 1 aliphatic rings. The summed E-state index contributed by atoms with van der Waals surface area (Å²) in [5, 5.41) is 20.9. The number of aryl methyl sites for hydroxylation is 3. The van der Waals surface area contributed by atoms with Crippen LogP contribution in [0.1, 0.15) is 37.4 Å². The first-order valence-corrected chi connectivity index (χ1v) is 12.9. The fourth-order valence-electron chi connectivity index (χ4n) is 3.91. The molecule has 2 N–H and O–H groups in total.